The van der Waals surface area contributed by atoms with Crippen LogP contribution in [0.1, 0.15) is 13.8 Å². The van der Waals surface area contributed by atoms with Gasteiger partial charge in [-0.15, -0.1) is 0 Å². The maximum Gasteiger partial charge on any atom is 0.330 e. The molecule has 0 saturated heterocycles. The number of hydrogen-bond acceptors (Lipinski definition) is 7. The third-order valence-corrected chi connectivity index (χ3v) is 4.87. The van der Waals surface area contributed by atoms with Gasteiger partial charge in [-0.2, -0.15) is 4.31 Å². The molecule has 0 aliphatic heterocycles. The third kappa shape index (κ3) is 6.25. The monoisotopic (exact) mass is 371 g/mol. The maximum absolute atomic E-state index is 12.7. The van der Waals surface area contributed by atoms with E-state index in [1.54, 1.807) is 13.8 Å². The van der Waals surface area contributed by atoms with Crippen LogP contribution in [0.2, 0.25) is 0 Å². The van der Waals surface area contributed by atoms with Gasteiger partial charge in [0.25, 0.3) is 5.69 Å². The molecule has 138 valence electrons. The summed E-state index contributed by atoms with van der Waals surface area (Å²) in [6, 6.07) is 4.12. The summed E-state index contributed by atoms with van der Waals surface area (Å²) in [6.45, 7) is 3.46. The zero-order valence-electron chi connectivity index (χ0n) is 14.0. The molecule has 0 fully saturated rings. The number of nitro groups is 1. The Morgan fingerprint density at radius 1 is 1.40 bits per heavy atom. The molecule has 9 nitrogen and oxygen atoms in total. The van der Waals surface area contributed by atoms with E-state index in [-0.39, 0.29) is 30.3 Å². The Kier molecular flexibility index (Phi) is 7.68. The summed E-state index contributed by atoms with van der Waals surface area (Å²) in [5.41, 5.74) is 5.49. The lowest BCUT2D eigenvalue weighted by Gasteiger charge is -2.22. The number of esters is 1. The minimum atomic E-state index is -3.92. The lowest BCUT2D eigenvalue weighted by Crippen LogP contribution is -2.39. The molecule has 1 aromatic carbocycles. The number of nitro benzene ring substituents is 1. The second-order valence-electron chi connectivity index (χ2n) is 5.20. The van der Waals surface area contributed by atoms with Crippen LogP contribution in [-0.4, -0.2) is 49.4 Å². The minimum absolute atomic E-state index is 0.0203. The van der Waals surface area contributed by atoms with Gasteiger partial charge in [0.1, 0.15) is 0 Å². The quantitative estimate of drug-likeness (QED) is 0.297. The number of non-ortho nitro benzene ring substituents is 1. The predicted molar refractivity (Wildman–Crippen MR) is 91.3 cm³/mol. The number of carbonyl (C=O) groups excluding carboxylic acids is 1. The Bertz CT molecular complexity index is 728. The zero-order valence-corrected chi connectivity index (χ0v) is 14.8. The molecule has 0 amide bonds. The van der Waals surface area contributed by atoms with E-state index >= 15 is 0 Å². The fourth-order valence-electron chi connectivity index (χ4n) is 1.94. The first kappa shape index (κ1) is 20.7. The molecule has 0 unspecified atom stereocenters. The molecule has 0 saturated carbocycles. The van der Waals surface area contributed by atoms with Crippen molar-refractivity contribution in [1.29, 1.82) is 0 Å². The minimum Gasteiger partial charge on any atom is -0.463 e. The van der Waals surface area contributed by atoms with E-state index in [2.05, 4.69) is 0 Å². The Balaban J connectivity index is 3.02. The normalized spacial score (nSPS) is 13.1. The Hall–Kier alpha value is -2.30. The number of ether oxygens (including phenoxy) is 1. The highest BCUT2D eigenvalue weighted by atomic mass is 32.2. The van der Waals surface area contributed by atoms with Crippen LogP contribution < -0.4 is 5.73 Å². The van der Waals surface area contributed by atoms with E-state index in [4.69, 9.17) is 10.5 Å². The Morgan fingerprint density at radius 2 is 2.00 bits per heavy atom. The molecule has 25 heavy (non-hydrogen) atoms. The fraction of sp³-hybridized carbons (Fsp3) is 0.400. The summed E-state index contributed by atoms with van der Waals surface area (Å²) in [7, 11) is -3.92. The third-order valence-electron chi connectivity index (χ3n) is 3.03. The molecule has 0 spiro atoms. The largest absolute Gasteiger partial charge is 0.463 e. The highest BCUT2D eigenvalue weighted by Gasteiger charge is 2.25. The van der Waals surface area contributed by atoms with E-state index in [0.717, 1.165) is 34.6 Å². The van der Waals surface area contributed by atoms with Gasteiger partial charge in [0.05, 0.1) is 16.4 Å². The van der Waals surface area contributed by atoms with Crippen molar-refractivity contribution >= 4 is 21.7 Å². The van der Waals surface area contributed by atoms with Gasteiger partial charge in [0.15, 0.2) is 0 Å². The average molecular weight is 371 g/mol. The number of sulfonamides is 1. The van der Waals surface area contributed by atoms with E-state index < -0.39 is 27.0 Å². The highest BCUT2D eigenvalue weighted by molar-refractivity contribution is 7.89. The molecule has 0 aliphatic rings. The van der Waals surface area contributed by atoms with Crippen LogP contribution >= 0.6 is 0 Å². The van der Waals surface area contributed by atoms with Crippen LogP contribution in [0, 0.1) is 10.1 Å². The first-order valence-corrected chi connectivity index (χ1v) is 8.96. The van der Waals surface area contributed by atoms with Crippen molar-refractivity contribution in [2.45, 2.75) is 24.8 Å². The van der Waals surface area contributed by atoms with Crippen molar-refractivity contribution in [3.63, 3.8) is 0 Å². The predicted octanol–water partition coefficient (Wildman–Crippen LogP) is 1.05. The molecule has 0 radical (unpaired) electrons. The van der Waals surface area contributed by atoms with Crippen molar-refractivity contribution in [3.8, 4) is 0 Å². The molecule has 10 heteroatoms. The van der Waals surface area contributed by atoms with E-state index in [9.17, 15) is 23.3 Å². The number of benzene rings is 1. The number of nitrogens with two attached hydrogens (primary N) is 1. The van der Waals surface area contributed by atoms with Gasteiger partial charge in [-0.05, 0) is 26.0 Å². The standard InChI is InChI=1S/C15H21N3O6S/c1-3-24-15(19)5-4-10-17(11-12(2)16)25(22,23)14-8-6-13(7-9-14)18(20)21/h4-9,12H,3,10-11,16H2,1-2H3/b5-4+/t12-/m1/s1. The van der Waals surface area contributed by atoms with Gasteiger partial charge in [-0.3, -0.25) is 10.1 Å². The average Bonchev–Trinajstić information content (AvgIpc) is 2.53. The van der Waals surface area contributed by atoms with E-state index in [1.807, 2.05) is 0 Å². The van der Waals surface area contributed by atoms with Crippen LogP contribution in [0.3, 0.4) is 0 Å². The van der Waals surface area contributed by atoms with Crippen molar-refractivity contribution < 1.29 is 22.9 Å². The van der Waals surface area contributed by atoms with E-state index in [1.165, 1.54) is 6.08 Å². The molecule has 1 aromatic rings. The van der Waals surface area contributed by atoms with Crippen molar-refractivity contribution in [2.24, 2.45) is 5.73 Å². The molecular weight excluding hydrogens is 350 g/mol. The van der Waals surface area contributed by atoms with E-state index in [0.29, 0.717) is 0 Å². The molecule has 0 heterocycles. The van der Waals surface area contributed by atoms with Gasteiger partial charge in [-0.1, -0.05) is 6.08 Å². The summed E-state index contributed by atoms with van der Waals surface area (Å²) in [4.78, 5) is 21.3. The highest BCUT2D eigenvalue weighted by Crippen LogP contribution is 2.19. The number of hydrogen-bond donors (Lipinski definition) is 1. The Labute approximate surface area is 146 Å². The summed E-state index contributed by atoms with van der Waals surface area (Å²) in [5.74, 6) is -0.573. The zero-order chi connectivity index (χ0) is 19.0. The smallest absolute Gasteiger partial charge is 0.330 e. The maximum atomic E-state index is 12.7. The molecule has 0 aromatic heterocycles. The van der Waals surface area contributed by atoms with Crippen LogP contribution in [0.5, 0.6) is 0 Å². The van der Waals surface area contributed by atoms with Crippen LogP contribution in [0.15, 0.2) is 41.3 Å². The second kappa shape index (κ2) is 9.25. The van der Waals surface area contributed by atoms with Crippen LogP contribution in [0.4, 0.5) is 5.69 Å². The summed E-state index contributed by atoms with van der Waals surface area (Å²) in [5, 5.41) is 10.7. The van der Waals surface area contributed by atoms with Crippen LogP contribution in [0.25, 0.3) is 0 Å². The summed E-state index contributed by atoms with van der Waals surface area (Å²) < 4.78 is 31.2. The molecule has 1 rings (SSSR count). The number of nitrogens with zero attached hydrogens (tertiary/aromatic N) is 2. The lowest BCUT2D eigenvalue weighted by atomic mass is 10.3. The van der Waals surface area contributed by atoms with Gasteiger partial charge in [-0.25, -0.2) is 13.2 Å². The first-order chi connectivity index (χ1) is 11.7. The molecule has 1 atom stereocenters. The second-order valence-corrected chi connectivity index (χ2v) is 7.14. The Morgan fingerprint density at radius 3 is 2.48 bits per heavy atom. The molecule has 0 aliphatic carbocycles. The fourth-order valence-corrected chi connectivity index (χ4v) is 3.43. The first-order valence-electron chi connectivity index (χ1n) is 7.52. The topological polar surface area (TPSA) is 133 Å². The van der Waals surface area contributed by atoms with Gasteiger partial charge < -0.3 is 10.5 Å². The summed E-state index contributed by atoms with van der Waals surface area (Å²) in [6.07, 6.45) is 2.51. The van der Waals surface area contributed by atoms with Gasteiger partial charge >= 0.3 is 5.97 Å². The van der Waals surface area contributed by atoms with Crippen LogP contribution in [-0.2, 0) is 19.6 Å². The van der Waals surface area contributed by atoms with Crippen molar-refractivity contribution in [1.82, 2.24) is 4.31 Å². The summed E-state index contributed by atoms with van der Waals surface area (Å²) >= 11 is 0. The van der Waals surface area contributed by atoms with Crippen molar-refractivity contribution in [2.75, 3.05) is 19.7 Å². The molecule has 2 N–H and O–H groups in total. The number of carbonyl (C=O) groups is 1. The molecule has 0 bridgehead atoms. The van der Waals surface area contributed by atoms with Crippen molar-refractivity contribution in [3.05, 3.63) is 46.5 Å². The molecular formula is C15H21N3O6S. The lowest BCUT2D eigenvalue weighted by molar-refractivity contribution is -0.384. The SMILES string of the molecule is CCOC(=O)/C=C/CN(C[C@@H](C)N)S(=O)(=O)c1ccc([N+](=O)[O-])cc1. The number of rotatable bonds is 9. The van der Waals surface area contributed by atoms with Gasteiger partial charge in [0, 0.05) is 37.3 Å². The van der Waals surface area contributed by atoms with Gasteiger partial charge in [0.2, 0.25) is 10.0 Å².